The monoisotopic (exact) mass is 309 g/mol. The third-order valence-electron chi connectivity index (χ3n) is 3.34. The van der Waals surface area contributed by atoms with Crippen molar-refractivity contribution in [1.29, 1.82) is 0 Å². The number of esters is 1. The standard InChI is InChI=1S/C17H15N3O3/c1-22-17(21)13-15(23-10-11-6-3-2-4-7-11)14-12(20-16(13)18)8-5-9-19-14/h2-9H,10H2,1H3,(H2,18,20). The number of hydrogen-bond donors (Lipinski definition) is 1. The molecule has 0 radical (unpaired) electrons. The predicted octanol–water partition coefficient (Wildman–Crippen LogP) is 2.58. The third kappa shape index (κ3) is 2.91. The van der Waals surface area contributed by atoms with Crippen LogP contribution in [0.4, 0.5) is 5.82 Å². The molecule has 0 aliphatic carbocycles. The van der Waals surface area contributed by atoms with Gasteiger partial charge in [0.1, 0.15) is 23.5 Å². The highest BCUT2D eigenvalue weighted by atomic mass is 16.5. The molecule has 2 aromatic heterocycles. The average Bonchev–Trinajstić information content (AvgIpc) is 2.59. The summed E-state index contributed by atoms with van der Waals surface area (Å²) < 4.78 is 10.6. The number of methoxy groups -OCH3 is 1. The van der Waals surface area contributed by atoms with Gasteiger partial charge in [-0.05, 0) is 17.7 Å². The number of hydrogen-bond acceptors (Lipinski definition) is 6. The maximum Gasteiger partial charge on any atom is 0.345 e. The Bertz CT molecular complexity index is 850. The van der Waals surface area contributed by atoms with Crippen molar-refractivity contribution in [1.82, 2.24) is 9.97 Å². The molecule has 0 saturated heterocycles. The number of nitrogen functional groups attached to an aromatic ring is 1. The third-order valence-corrected chi connectivity index (χ3v) is 3.34. The molecule has 2 N–H and O–H groups in total. The summed E-state index contributed by atoms with van der Waals surface area (Å²) in [7, 11) is 1.28. The summed E-state index contributed by atoms with van der Waals surface area (Å²) in [6, 6.07) is 13.1. The Labute approximate surface area is 132 Å². The van der Waals surface area contributed by atoms with E-state index >= 15 is 0 Å². The first-order valence-corrected chi connectivity index (χ1v) is 7.00. The summed E-state index contributed by atoms with van der Waals surface area (Å²) >= 11 is 0. The van der Waals surface area contributed by atoms with Crippen molar-refractivity contribution in [3.8, 4) is 5.75 Å². The van der Waals surface area contributed by atoms with Crippen LogP contribution in [0.5, 0.6) is 5.75 Å². The van der Waals surface area contributed by atoms with Gasteiger partial charge in [-0.3, -0.25) is 4.98 Å². The van der Waals surface area contributed by atoms with Crippen molar-refractivity contribution in [2.45, 2.75) is 6.61 Å². The van der Waals surface area contributed by atoms with Gasteiger partial charge in [0.15, 0.2) is 5.75 Å². The molecule has 3 aromatic rings. The largest absolute Gasteiger partial charge is 0.485 e. The van der Waals surface area contributed by atoms with Gasteiger partial charge in [0.25, 0.3) is 0 Å². The number of anilines is 1. The number of aromatic nitrogens is 2. The SMILES string of the molecule is COC(=O)c1c(N)nc2cccnc2c1OCc1ccccc1. The van der Waals surface area contributed by atoms with E-state index in [4.69, 9.17) is 15.2 Å². The van der Waals surface area contributed by atoms with E-state index in [2.05, 4.69) is 9.97 Å². The second-order valence-electron chi connectivity index (χ2n) is 4.84. The highest BCUT2D eigenvalue weighted by Gasteiger charge is 2.22. The Morgan fingerprint density at radius 2 is 1.96 bits per heavy atom. The molecule has 6 heteroatoms. The van der Waals surface area contributed by atoms with Crippen molar-refractivity contribution in [2.24, 2.45) is 0 Å². The first kappa shape index (κ1) is 14.8. The summed E-state index contributed by atoms with van der Waals surface area (Å²) in [5.41, 5.74) is 7.99. The maximum absolute atomic E-state index is 12.1. The van der Waals surface area contributed by atoms with Gasteiger partial charge in [-0.25, -0.2) is 9.78 Å². The normalized spacial score (nSPS) is 10.5. The Morgan fingerprint density at radius 1 is 1.17 bits per heavy atom. The maximum atomic E-state index is 12.1. The molecule has 0 aliphatic rings. The Morgan fingerprint density at radius 3 is 2.70 bits per heavy atom. The first-order valence-electron chi connectivity index (χ1n) is 7.00. The van der Waals surface area contributed by atoms with Crippen molar-refractivity contribution in [3.05, 3.63) is 59.8 Å². The van der Waals surface area contributed by atoms with Gasteiger partial charge in [0.2, 0.25) is 0 Å². The Kier molecular flexibility index (Phi) is 4.05. The second-order valence-corrected chi connectivity index (χ2v) is 4.84. The topological polar surface area (TPSA) is 87.3 Å². The number of nitrogens with two attached hydrogens (primary N) is 1. The minimum atomic E-state index is -0.606. The molecule has 0 bridgehead atoms. The van der Waals surface area contributed by atoms with E-state index in [9.17, 15) is 4.79 Å². The molecule has 1 aromatic carbocycles. The fourth-order valence-corrected chi connectivity index (χ4v) is 2.25. The summed E-state index contributed by atoms with van der Waals surface area (Å²) in [5.74, 6) is -0.269. The van der Waals surface area contributed by atoms with Crippen molar-refractivity contribution < 1.29 is 14.3 Å². The minimum Gasteiger partial charge on any atom is -0.485 e. The number of rotatable bonds is 4. The van der Waals surface area contributed by atoms with Gasteiger partial charge >= 0.3 is 5.97 Å². The molecule has 6 nitrogen and oxygen atoms in total. The number of fused-ring (bicyclic) bond motifs is 1. The van der Waals surface area contributed by atoms with Crippen LogP contribution in [0.1, 0.15) is 15.9 Å². The van der Waals surface area contributed by atoms with Crippen LogP contribution >= 0.6 is 0 Å². The first-order chi connectivity index (χ1) is 11.2. The molecule has 23 heavy (non-hydrogen) atoms. The zero-order chi connectivity index (χ0) is 16.2. The van der Waals surface area contributed by atoms with Crippen LogP contribution in [0, 0.1) is 0 Å². The summed E-state index contributed by atoms with van der Waals surface area (Å²) in [4.78, 5) is 20.5. The molecule has 0 fully saturated rings. The number of pyridine rings is 2. The van der Waals surface area contributed by atoms with E-state index in [1.807, 2.05) is 30.3 Å². The molecule has 116 valence electrons. The smallest absolute Gasteiger partial charge is 0.345 e. The van der Waals surface area contributed by atoms with E-state index in [0.717, 1.165) is 5.56 Å². The van der Waals surface area contributed by atoms with Crippen molar-refractivity contribution in [3.63, 3.8) is 0 Å². The number of carbonyl (C=O) groups excluding carboxylic acids is 1. The van der Waals surface area contributed by atoms with E-state index in [1.165, 1.54) is 7.11 Å². The minimum absolute atomic E-state index is 0.0559. The van der Waals surface area contributed by atoms with Crippen LogP contribution in [0.3, 0.4) is 0 Å². The zero-order valence-electron chi connectivity index (χ0n) is 12.5. The van der Waals surface area contributed by atoms with E-state index in [1.54, 1.807) is 18.3 Å². The van der Waals surface area contributed by atoms with Crippen LogP contribution in [0.25, 0.3) is 11.0 Å². The molecule has 0 aliphatic heterocycles. The Hall–Kier alpha value is -3.15. The fourth-order valence-electron chi connectivity index (χ4n) is 2.25. The molecule has 0 saturated carbocycles. The van der Waals surface area contributed by atoms with E-state index in [-0.39, 0.29) is 23.7 Å². The summed E-state index contributed by atoms with van der Waals surface area (Å²) in [5, 5.41) is 0. The molecule has 0 unspecified atom stereocenters. The number of carbonyl (C=O) groups is 1. The number of benzene rings is 1. The van der Waals surface area contributed by atoms with Gasteiger partial charge in [-0.15, -0.1) is 0 Å². The molecule has 0 amide bonds. The van der Waals surface area contributed by atoms with Gasteiger partial charge in [-0.1, -0.05) is 30.3 Å². The van der Waals surface area contributed by atoms with Crippen LogP contribution in [0.2, 0.25) is 0 Å². The van der Waals surface area contributed by atoms with E-state index in [0.29, 0.717) is 11.0 Å². The molecule has 0 atom stereocenters. The highest BCUT2D eigenvalue weighted by molar-refractivity contribution is 6.02. The lowest BCUT2D eigenvalue weighted by molar-refractivity contribution is 0.0597. The second kappa shape index (κ2) is 6.31. The highest BCUT2D eigenvalue weighted by Crippen LogP contribution is 2.32. The lowest BCUT2D eigenvalue weighted by atomic mass is 10.2. The molecule has 3 rings (SSSR count). The molecule has 0 spiro atoms. The van der Waals surface area contributed by atoms with Gasteiger partial charge in [0.05, 0.1) is 12.6 Å². The number of ether oxygens (including phenoxy) is 2. The van der Waals surface area contributed by atoms with E-state index < -0.39 is 5.97 Å². The van der Waals surface area contributed by atoms with Crippen LogP contribution < -0.4 is 10.5 Å². The fraction of sp³-hybridized carbons (Fsp3) is 0.118. The Balaban J connectivity index is 2.09. The van der Waals surface area contributed by atoms with Gasteiger partial charge in [-0.2, -0.15) is 0 Å². The number of nitrogens with zero attached hydrogens (tertiary/aromatic N) is 2. The van der Waals surface area contributed by atoms with Crippen molar-refractivity contribution in [2.75, 3.05) is 12.8 Å². The quantitative estimate of drug-likeness (QED) is 0.745. The van der Waals surface area contributed by atoms with Crippen LogP contribution in [0.15, 0.2) is 48.7 Å². The molecular weight excluding hydrogens is 294 g/mol. The van der Waals surface area contributed by atoms with Crippen LogP contribution in [-0.2, 0) is 11.3 Å². The van der Waals surface area contributed by atoms with Crippen molar-refractivity contribution >= 4 is 22.8 Å². The average molecular weight is 309 g/mol. The molecule has 2 heterocycles. The predicted molar refractivity (Wildman–Crippen MR) is 86.1 cm³/mol. The van der Waals surface area contributed by atoms with Gasteiger partial charge < -0.3 is 15.2 Å². The summed E-state index contributed by atoms with van der Waals surface area (Å²) in [6.07, 6.45) is 1.61. The van der Waals surface area contributed by atoms with Crippen LogP contribution in [-0.4, -0.2) is 23.0 Å². The lowest BCUT2D eigenvalue weighted by Crippen LogP contribution is -2.12. The van der Waals surface area contributed by atoms with Gasteiger partial charge in [0, 0.05) is 6.20 Å². The zero-order valence-corrected chi connectivity index (χ0v) is 12.5. The lowest BCUT2D eigenvalue weighted by Gasteiger charge is -2.14. The molecular formula is C17H15N3O3. The summed E-state index contributed by atoms with van der Waals surface area (Å²) in [6.45, 7) is 0.278.